The van der Waals surface area contributed by atoms with E-state index in [0.29, 0.717) is 50.7 Å². The Kier molecular flexibility index (Phi) is 7.18. The number of para-hydroxylation sites is 1. The van der Waals surface area contributed by atoms with E-state index in [1.165, 1.54) is 4.57 Å². The number of ether oxygens (including phenoxy) is 2. The highest BCUT2D eigenvalue weighted by molar-refractivity contribution is 7.07. The number of benzene rings is 3. The Labute approximate surface area is 245 Å². The molecule has 42 heavy (non-hydrogen) atoms. The van der Waals surface area contributed by atoms with Gasteiger partial charge in [-0.3, -0.25) is 14.2 Å². The number of methoxy groups -OCH3 is 1. The van der Waals surface area contributed by atoms with Gasteiger partial charge in [-0.1, -0.05) is 78.1 Å². The van der Waals surface area contributed by atoms with Crippen molar-refractivity contribution in [2.75, 3.05) is 25.2 Å². The van der Waals surface area contributed by atoms with Crippen molar-refractivity contribution in [2.45, 2.75) is 13.0 Å². The third-order valence-corrected chi connectivity index (χ3v) is 8.27. The fraction of sp³-hybridized carbons (Fsp3) is 0.152. The van der Waals surface area contributed by atoms with Gasteiger partial charge in [-0.2, -0.15) is 0 Å². The maximum absolute atomic E-state index is 14.4. The minimum atomic E-state index is -0.879. The van der Waals surface area contributed by atoms with E-state index in [-0.39, 0.29) is 22.6 Å². The number of esters is 1. The van der Waals surface area contributed by atoms with Crippen molar-refractivity contribution in [1.82, 2.24) is 4.57 Å². The molecule has 2 aliphatic heterocycles. The third-order valence-electron chi connectivity index (χ3n) is 7.22. The Bertz CT molecular complexity index is 1950. The number of hydrogen-bond donors (Lipinski definition) is 0. The summed E-state index contributed by atoms with van der Waals surface area (Å²) in [5.74, 6) is -0.295. The molecule has 4 aromatic rings. The second-order valence-corrected chi connectivity index (χ2v) is 10.6. The van der Waals surface area contributed by atoms with Gasteiger partial charge >= 0.3 is 5.97 Å². The van der Waals surface area contributed by atoms with Crippen molar-refractivity contribution in [1.29, 1.82) is 0 Å². The van der Waals surface area contributed by atoms with Crippen LogP contribution in [0.15, 0.2) is 107 Å². The van der Waals surface area contributed by atoms with Crippen molar-refractivity contribution in [3.8, 4) is 5.75 Å². The number of fused-ring (bicyclic) bond motifs is 2. The minimum Gasteiger partial charge on any atom is -0.497 e. The average Bonchev–Trinajstić information content (AvgIpc) is 3.49. The van der Waals surface area contributed by atoms with Crippen LogP contribution in [0.25, 0.3) is 11.3 Å². The molecule has 8 nitrogen and oxygen atoms in total. The summed E-state index contributed by atoms with van der Waals surface area (Å²) in [5, 5.41) is 0. The van der Waals surface area contributed by atoms with Gasteiger partial charge in [-0.15, -0.1) is 6.58 Å². The molecule has 0 saturated heterocycles. The lowest BCUT2D eigenvalue weighted by molar-refractivity contribution is -0.138. The number of hydrogen-bond acceptors (Lipinski definition) is 7. The van der Waals surface area contributed by atoms with Crippen LogP contribution < -0.4 is 24.5 Å². The number of amides is 1. The molecule has 210 valence electrons. The van der Waals surface area contributed by atoms with E-state index in [9.17, 15) is 14.4 Å². The van der Waals surface area contributed by atoms with Crippen LogP contribution in [0.2, 0.25) is 0 Å². The Morgan fingerprint density at radius 3 is 2.55 bits per heavy atom. The fourth-order valence-corrected chi connectivity index (χ4v) is 6.52. The molecule has 1 amide bonds. The van der Waals surface area contributed by atoms with Crippen molar-refractivity contribution < 1.29 is 19.1 Å². The molecule has 0 aliphatic carbocycles. The summed E-state index contributed by atoms with van der Waals surface area (Å²) in [6, 6.07) is 23.1. The molecule has 0 spiro atoms. The van der Waals surface area contributed by atoms with Gasteiger partial charge in [0.15, 0.2) is 4.80 Å². The van der Waals surface area contributed by atoms with Gasteiger partial charge < -0.3 is 14.4 Å². The summed E-state index contributed by atoms with van der Waals surface area (Å²) in [4.78, 5) is 48.7. The molecule has 0 N–H and O–H groups in total. The maximum atomic E-state index is 14.4. The zero-order valence-corrected chi connectivity index (χ0v) is 23.9. The van der Waals surface area contributed by atoms with Gasteiger partial charge in [0.1, 0.15) is 10.3 Å². The first-order chi connectivity index (χ1) is 20.5. The summed E-state index contributed by atoms with van der Waals surface area (Å²) in [7, 11) is 1.56. The first-order valence-electron chi connectivity index (χ1n) is 13.5. The number of thiazole rings is 1. The molecule has 0 fully saturated rings. The summed E-state index contributed by atoms with van der Waals surface area (Å²) in [6.07, 6.45) is 1.65. The molecule has 3 heterocycles. The van der Waals surface area contributed by atoms with Crippen LogP contribution in [0.4, 0.5) is 5.69 Å². The normalized spacial score (nSPS) is 17.0. The van der Waals surface area contributed by atoms with Crippen LogP contribution in [0.1, 0.15) is 29.7 Å². The lowest BCUT2D eigenvalue weighted by atomic mass is 9.93. The van der Waals surface area contributed by atoms with Crippen molar-refractivity contribution in [3.63, 3.8) is 0 Å². The number of carbonyl (C=O) groups excluding carboxylic acids is 2. The maximum Gasteiger partial charge on any atom is 0.338 e. The molecule has 1 atom stereocenters. The Morgan fingerprint density at radius 1 is 1.05 bits per heavy atom. The van der Waals surface area contributed by atoms with Crippen LogP contribution in [0.3, 0.4) is 0 Å². The zero-order chi connectivity index (χ0) is 29.4. The van der Waals surface area contributed by atoms with E-state index in [2.05, 4.69) is 6.58 Å². The molecular weight excluding hydrogens is 550 g/mol. The molecule has 1 aromatic heterocycles. The van der Waals surface area contributed by atoms with Crippen molar-refractivity contribution in [2.24, 2.45) is 4.99 Å². The van der Waals surface area contributed by atoms with Crippen LogP contribution in [-0.4, -0.2) is 36.7 Å². The summed E-state index contributed by atoms with van der Waals surface area (Å²) >= 11 is 1.14. The highest BCUT2D eigenvalue weighted by Gasteiger charge is 2.38. The summed E-state index contributed by atoms with van der Waals surface area (Å²) < 4.78 is 12.8. The van der Waals surface area contributed by atoms with E-state index in [1.54, 1.807) is 37.1 Å². The molecular formula is C33H27N3O5S. The lowest BCUT2D eigenvalue weighted by Gasteiger charge is -2.26. The number of anilines is 1. The van der Waals surface area contributed by atoms with Gasteiger partial charge in [-0.25, -0.2) is 9.79 Å². The Hall–Kier alpha value is -5.02. The molecule has 6 rings (SSSR count). The minimum absolute atomic E-state index is 0.147. The van der Waals surface area contributed by atoms with Crippen LogP contribution in [-0.2, 0) is 14.3 Å². The summed E-state index contributed by atoms with van der Waals surface area (Å²) in [6.45, 7) is 5.97. The van der Waals surface area contributed by atoms with Gasteiger partial charge in [0, 0.05) is 17.7 Å². The van der Waals surface area contributed by atoms with E-state index in [1.807, 2.05) is 66.7 Å². The van der Waals surface area contributed by atoms with E-state index in [4.69, 9.17) is 14.5 Å². The molecule has 0 unspecified atom stereocenters. The summed E-state index contributed by atoms with van der Waals surface area (Å²) in [5.41, 5.74) is 3.25. The fourth-order valence-electron chi connectivity index (χ4n) is 5.43. The molecule has 2 aliphatic rings. The average molecular weight is 578 g/mol. The van der Waals surface area contributed by atoms with Crippen LogP contribution in [0, 0.1) is 0 Å². The largest absolute Gasteiger partial charge is 0.497 e. The Balaban J connectivity index is 1.72. The standard InChI is InChI=1S/C33H27N3O5S/c1-4-18-35-24-17-10-9-16-23(24)25(30(35)37)29-31(38)36-28(21-14-11-15-22(19-21)40-3)26(32(39)41-5-2)27(34-33(36)42-29)20-12-7-6-8-13-20/h4,6-17,19,28H,1,5,18H2,2-3H3/b29-25+/t28-/m0/s1. The SMILES string of the molecule is C=CCN1C(=O)/C(=c2/sc3n(c2=O)[C@@H](c2cccc(OC)c2)C(C(=O)OCC)=C(c2ccccc2)N=3)c2ccccc21. The Morgan fingerprint density at radius 2 is 1.81 bits per heavy atom. The third kappa shape index (κ3) is 4.38. The van der Waals surface area contributed by atoms with E-state index < -0.39 is 17.6 Å². The molecule has 0 bridgehead atoms. The lowest BCUT2D eigenvalue weighted by Crippen LogP contribution is -2.41. The van der Waals surface area contributed by atoms with Gasteiger partial charge in [0.25, 0.3) is 11.5 Å². The topological polar surface area (TPSA) is 90.2 Å². The van der Waals surface area contributed by atoms with E-state index in [0.717, 1.165) is 11.3 Å². The molecule has 0 saturated carbocycles. The predicted molar refractivity (Wildman–Crippen MR) is 162 cm³/mol. The first kappa shape index (κ1) is 27.2. The first-order valence-corrected chi connectivity index (χ1v) is 14.3. The number of nitrogens with zero attached hydrogens (tertiary/aromatic N) is 3. The van der Waals surface area contributed by atoms with Gasteiger partial charge in [-0.05, 0) is 30.7 Å². The van der Waals surface area contributed by atoms with Crippen LogP contribution >= 0.6 is 11.3 Å². The van der Waals surface area contributed by atoms with Gasteiger partial charge in [0.2, 0.25) is 0 Å². The second kappa shape index (κ2) is 11.1. The van der Waals surface area contributed by atoms with Crippen molar-refractivity contribution >= 4 is 40.2 Å². The van der Waals surface area contributed by atoms with Gasteiger partial charge in [0.05, 0.1) is 42.3 Å². The second-order valence-electron chi connectivity index (χ2n) is 9.63. The quantitative estimate of drug-likeness (QED) is 0.246. The number of aromatic nitrogens is 1. The zero-order valence-electron chi connectivity index (χ0n) is 23.1. The molecule has 0 radical (unpaired) electrons. The highest BCUT2D eigenvalue weighted by Crippen LogP contribution is 2.37. The van der Waals surface area contributed by atoms with Crippen molar-refractivity contribution in [3.05, 3.63) is 133 Å². The number of rotatable bonds is 7. The highest BCUT2D eigenvalue weighted by atomic mass is 32.1. The number of carbonyl (C=O) groups is 2. The predicted octanol–water partition coefficient (Wildman–Crippen LogP) is 3.85. The smallest absolute Gasteiger partial charge is 0.338 e. The van der Waals surface area contributed by atoms with Crippen LogP contribution in [0.5, 0.6) is 5.75 Å². The van der Waals surface area contributed by atoms with E-state index >= 15 is 0 Å². The molecule has 3 aromatic carbocycles. The molecule has 9 heteroatoms. The monoisotopic (exact) mass is 577 g/mol.